The Morgan fingerprint density at radius 2 is 2.24 bits per heavy atom. The fourth-order valence-corrected chi connectivity index (χ4v) is 2.33. The lowest BCUT2D eigenvalue weighted by atomic mass is 10.0. The number of carboxylic acid groups (broad SMARTS) is 1. The summed E-state index contributed by atoms with van der Waals surface area (Å²) in [6, 6.07) is 5.00. The second-order valence-electron chi connectivity index (χ2n) is 4.63. The lowest BCUT2D eigenvalue weighted by molar-refractivity contribution is 0.0690. The Labute approximate surface area is 126 Å². The average molecular weight is 302 g/mol. The summed E-state index contributed by atoms with van der Waals surface area (Å²) in [5.41, 5.74) is 2.50. The molecule has 1 aliphatic carbocycles. The lowest BCUT2D eigenvalue weighted by Gasteiger charge is -2.11. The average Bonchev–Trinajstić information content (AvgIpc) is 2.94. The number of rotatable bonds is 3. The number of carbonyl (C=O) groups is 1. The van der Waals surface area contributed by atoms with Gasteiger partial charge in [-0.05, 0) is 36.6 Å². The molecule has 0 saturated heterocycles. The highest BCUT2D eigenvalue weighted by Crippen LogP contribution is 2.26. The van der Waals surface area contributed by atoms with E-state index in [0.717, 1.165) is 24.1 Å². The number of pyridine rings is 1. The quantitative estimate of drug-likeness (QED) is 0.883. The molecule has 0 bridgehead atoms. The van der Waals surface area contributed by atoms with Crippen molar-refractivity contribution in [1.82, 2.24) is 14.8 Å². The molecular weight excluding hydrogens is 290 g/mol. The molecule has 0 unspecified atom stereocenters. The van der Waals surface area contributed by atoms with Gasteiger partial charge in [0.05, 0.1) is 17.6 Å². The van der Waals surface area contributed by atoms with Crippen LogP contribution in [-0.4, -0.2) is 25.8 Å². The molecule has 2 aromatic rings. The van der Waals surface area contributed by atoms with Gasteiger partial charge in [0.15, 0.2) is 5.69 Å². The third-order valence-corrected chi connectivity index (χ3v) is 3.45. The maximum Gasteiger partial charge on any atom is 0.356 e. The molecule has 2 aromatic heterocycles. The molecule has 21 heavy (non-hydrogen) atoms. The van der Waals surface area contributed by atoms with Crippen LogP contribution in [0, 0.1) is 0 Å². The van der Waals surface area contributed by atoms with E-state index >= 15 is 0 Å². The highest BCUT2D eigenvalue weighted by Gasteiger charge is 2.17. The van der Waals surface area contributed by atoms with Crippen molar-refractivity contribution in [2.75, 3.05) is 0 Å². The zero-order valence-electron chi connectivity index (χ0n) is 11.0. The Morgan fingerprint density at radius 1 is 1.38 bits per heavy atom. The first-order valence-corrected chi connectivity index (χ1v) is 6.84. The minimum Gasteiger partial charge on any atom is -0.476 e. The molecule has 2 heterocycles. The third-order valence-electron chi connectivity index (χ3n) is 3.23. The number of allylic oxidation sites excluding steroid dienone is 4. The van der Waals surface area contributed by atoms with Crippen LogP contribution in [0.1, 0.15) is 29.0 Å². The molecular formula is C15H12ClN3O2. The van der Waals surface area contributed by atoms with Gasteiger partial charge >= 0.3 is 5.97 Å². The summed E-state index contributed by atoms with van der Waals surface area (Å²) in [5, 5.41) is 13.7. The molecule has 1 aliphatic rings. The smallest absolute Gasteiger partial charge is 0.356 e. The molecule has 0 amide bonds. The summed E-state index contributed by atoms with van der Waals surface area (Å²) >= 11 is 5.79. The van der Waals surface area contributed by atoms with Crippen molar-refractivity contribution in [3.05, 3.63) is 59.2 Å². The molecule has 0 aromatic carbocycles. The molecule has 0 fully saturated rings. The number of hydrogen-bond acceptors (Lipinski definition) is 3. The molecule has 0 spiro atoms. The molecule has 0 atom stereocenters. The molecule has 3 rings (SSSR count). The van der Waals surface area contributed by atoms with Gasteiger partial charge in [-0.25, -0.2) is 14.5 Å². The highest BCUT2D eigenvalue weighted by molar-refractivity contribution is 6.29. The van der Waals surface area contributed by atoms with Crippen molar-refractivity contribution in [3.8, 4) is 5.69 Å². The Kier molecular flexibility index (Phi) is 3.58. The topological polar surface area (TPSA) is 68.0 Å². The van der Waals surface area contributed by atoms with Crippen molar-refractivity contribution in [1.29, 1.82) is 0 Å². The molecule has 1 N–H and O–H groups in total. The van der Waals surface area contributed by atoms with E-state index in [2.05, 4.69) is 16.2 Å². The molecule has 5 nitrogen and oxygen atoms in total. The van der Waals surface area contributed by atoms with Crippen molar-refractivity contribution in [2.45, 2.75) is 12.8 Å². The highest BCUT2D eigenvalue weighted by atomic mass is 35.5. The largest absolute Gasteiger partial charge is 0.476 e. The van der Waals surface area contributed by atoms with Crippen LogP contribution in [0.4, 0.5) is 0 Å². The van der Waals surface area contributed by atoms with E-state index in [9.17, 15) is 4.79 Å². The first-order chi connectivity index (χ1) is 10.1. The number of nitrogens with zero attached hydrogens (tertiary/aromatic N) is 3. The lowest BCUT2D eigenvalue weighted by Crippen LogP contribution is -2.04. The monoisotopic (exact) mass is 301 g/mol. The minimum absolute atomic E-state index is 0.00963. The van der Waals surface area contributed by atoms with Crippen molar-refractivity contribution < 1.29 is 9.90 Å². The van der Waals surface area contributed by atoms with Gasteiger partial charge in [0.1, 0.15) is 5.15 Å². The van der Waals surface area contributed by atoms with Gasteiger partial charge in [-0.2, -0.15) is 5.10 Å². The van der Waals surface area contributed by atoms with E-state index in [1.54, 1.807) is 29.1 Å². The summed E-state index contributed by atoms with van der Waals surface area (Å²) in [6.45, 7) is 0. The predicted octanol–water partition coefficient (Wildman–Crippen LogP) is 3.35. The van der Waals surface area contributed by atoms with Crippen LogP contribution in [0.2, 0.25) is 5.15 Å². The van der Waals surface area contributed by atoms with Crippen LogP contribution in [-0.2, 0) is 0 Å². The van der Waals surface area contributed by atoms with Gasteiger partial charge in [-0.1, -0.05) is 29.8 Å². The molecule has 106 valence electrons. The van der Waals surface area contributed by atoms with E-state index in [-0.39, 0.29) is 5.69 Å². The zero-order chi connectivity index (χ0) is 14.8. The van der Waals surface area contributed by atoms with Crippen molar-refractivity contribution in [2.24, 2.45) is 0 Å². The van der Waals surface area contributed by atoms with Crippen LogP contribution in [0.3, 0.4) is 0 Å². The van der Waals surface area contributed by atoms with Crippen molar-refractivity contribution >= 4 is 23.1 Å². The van der Waals surface area contributed by atoms with Crippen LogP contribution >= 0.6 is 11.6 Å². The van der Waals surface area contributed by atoms with Gasteiger partial charge in [0.2, 0.25) is 0 Å². The summed E-state index contributed by atoms with van der Waals surface area (Å²) in [4.78, 5) is 15.2. The third kappa shape index (κ3) is 2.73. The first kappa shape index (κ1) is 13.6. The second kappa shape index (κ2) is 5.54. The minimum atomic E-state index is -1.05. The van der Waals surface area contributed by atoms with Gasteiger partial charge in [0.25, 0.3) is 0 Å². The normalized spacial score (nSPS) is 14.0. The van der Waals surface area contributed by atoms with Crippen LogP contribution in [0.25, 0.3) is 11.3 Å². The number of carboxylic acids is 1. The second-order valence-corrected chi connectivity index (χ2v) is 5.02. The maximum atomic E-state index is 11.2. The summed E-state index contributed by atoms with van der Waals surface area (Å²) in [7, 11) is 0. The summed E-state index contributed by atoms with van der Waals surface area (Å²) in [6.07, 6.45) is 9.37. The molecule has 0 radical (unpaired) electrons. The SMILES string of the molecule is O=C(O)c1cc(C2=CC=CCC2)n(-c2ccc(Cl)nc2)n1. The van der Waals surface area contributed by atoms with Crippen LogP contribution < -0.4 is 0 Å². The standard InChI is InChI=1S/C15H12ClN3O2/c16-14-7-6-11(9-17-14)19-13(8-12(18-19)15(20)21)10-4-2-1-3-5-10/h1-2,4,6-9H,3,5H2,(H,20,21). The summed E-state index contributed by atoms with van der Waals surface area (Å²) in [5.74, 6) is -1.05. The number of aromatic nitrogens is 3. The fraction of sp³-hybridized carbons (Fsp3) is 0.133. The van der Waals surface area contributed by atoms with E-state index in [4.69, 9.17) is 16.7 Å². The zero-order valence-corrected chi connectivity index (χ0v) is 11.8. The van der Waals surface area contributed by atoms with Gasteiger partial charge in [-0.3, -0.25) is 0 Å². The van der Waals surface area contributed by atoms with E-state index in [0.29, 0.717) is 10.8 Å². The predicted molar refractivity (Wildman–Crippen MR) is 79.7 cm³/mol. The van der Waals surface area contributed by atoms with Gasteiger partial charge in [-0.15, -0.1) is 0 Å². The van der Waals surface area contributed by atoms with E-state index in [1.807, 2.05) is 12.2 Å². The Hall–Kier alpha value is -2.40. The van der Waals surface area contributed by atoms with Crippen molar-refractivity contribution in [3.63, 3.8) is 0 Å². The Morgan fingerprint density at radius 3 is 2.86 bits per heavy atom. The number of aromatic carboxylic acids is 1. The number of halogens is 1. The van der Waals surface area contributed by atoms with E-state index in [1.165, 1.54) is 0 Å². The molecule has 0 saturated carbocycles. The first-order valence-electron chi connectivity index (χ1n) is 6.46. The Bertz CT molecular complexity index is 745. The van der Waals surface area contributed by atoms with Gasteiger partial charge in [0, 0.05) is 0 Å². The number of hydrogen-bond donors (Lipinski definition) is 1. The van der Waals surface area contributed by atoms with Crippen LogP contribution in [0.5, 0.6) is 0 Å². The van der Waals surface area contributed by atoms with E-state index < -0.39 is 5.97 Å². The Balaban J connectivity index is 2.13. The maximum absolute atomic E-state index is 11.2. The molecule has 0 aliphatic heterocycles. The van der Waals surface area contributed by atoms with Crippen LogP contribution in [0.15, 0.2) is 42.6 Å². The fourth-order valence-electron chi connectivity index (χ4n) is 2.22. The summed E-state index contributed by atoms with van der Waals surface area (Å²) < 4.78 is 1.60. The van der Waals surface area contributed by atoms with Gasteiger partial charge < -0.3 is 5.11 Å². The molecule has 6 heteroatoms.